The van der Waals surface area contributed by atoms with Crippen LogP contribution in [0.15, 0.2) is 0 Å². The third-order valence-electron chi connectivity index (χ3n) is 3.32. The van der Waals surface area contributed by atoms with Gasteiger partial charge in [-0.15, -0.1) is 5.10 Å². The molecule has 0 bridgehead atoms. The van der Waals surface area contributed by atoms with Crippen molar-refractivity contribution in [3.05, 3.63) is 27.0 Å². The molecule has 0 spiro atoms. The third-order valence-corrected chi connectivity index (χ3v) is 4.66. The fourth-order valence-corrected chi connectivity index (χ4v) is 3.32. The highest BCUT2D eigenvalue weighted by Crippen LogP contribution is 2.28. The van der Waals surface area contributed by atoms with E-state index in [0.29, 0.717) is 6.42 Å². The molecule has 0 fully saturated rings. The molecule has 0 saturated carbocycles. The Labute approximate surface area is 128 Å². The van der Waals surface area contributed by atoms with Crippen molar-refractivity contribution in [2.45, 2.75) is 45.6 Å². The predicted molar refractivity (Wildman–Crippen MR) is 82.1 cm³/mol. The van der Waals surface area contributed by atoms with E-state index in [1.54, 1.807) is 0 Å². The van der Waals surface area contributed by atoms with Gasteiger partial charge in [0.25, 0.3) is 0 Å². The van der Waals surface area contributed by atoms with Gasteiger partial charge in [0, 0.05) is 19.5 Å². The van der Waals surface area contributed by atoms with Crippen molar-refractivity contribution < 1.29 is 0 Å². The smallest absolute Gasteiger partial charge is 0.0850 e. The van der Waals surface area contributed by atoms with Crippen LogP contribution in [-0.2, 0) is 26.3 Å². The van der Waals surface area contributed by atoms with Gasteiger partial charge in [-0.2, -0.15) is 5.10 Å². The fraction of sp³-hybridized carbons (Fsp3) is 0.615. The van der Waals surface area contributed by atoms with Gasteiger partial charge in [0.15, 0.2) is 0 Å². The third kappa shape index (κ3) is 3.02. The SMILES string of the molecule is CCCc1nnsc1C(N)Cc1c(Cl)c(CC)nn1C. The van der Waals surface area contributed by atoms with Crippen molar-refractivity contribution in [2.24, 2.45) is 12.8 Å². The van der Waals surface area contributed by atoms with Crippen LogP contribution in [0.25, 0.3) is 0 Å². The number of nitrogens with two attached hydrogens (primary N) is 1. The number of rotatable bonds is 6. The maximum atomic E-state index is 6.37. The van der Waals surface area contributed by atoms with Crippen molar-refractivity contribution in [2.75, 3.05) is 0 Å². The first-order chi connectivity index (χ1) is 9.58. The van der Waals surface area contributed by atoms with Crippen LogP contribution in [0.1, 0.15) is 48.3 Å². The molecule has 1 unspecified atom stereocenters. The number of nitrogens with zero attached hydrogens (tertiary/aromatic N) is 4. The summed E-state index contributed by atoms with van der Waals surface area (Å²) in [5.74, 6) is 0. The molecule has 7 heteroatoms. The zero-order chi connectivity index (χ0) is 14.7. The lowest BCUT2D eigenvalue weighted by Crippen LogP contribution is -2.16. The molecule has 0 amide bonds. The van der Waals surface area contributed by atoms with Gasteiger partial charge in [-0.1, -0.05) is 36.4 Å². The van der Waals surface area contributed by atoms with Gasteiger partial charge in [0.05, 0.1) is 27.0 Å². The molecular weight excluding hydrogens is 294 g/mol. The maximum absolute atomic E-state index is 6.37. The molecule has 2 aromatic rings. The van der Waals surface area contributed by atoms with Gasteiger partial charge in [-0.3, -0.25) is 4.68 Å². The Kier molecular flexibility index (Phi) is 5.12. The van der Waals surface area contributed by atoms with Gasteiger partial charge in [0.1, 0.15) is 0 Å². The van der Waals surface area contributed by atoms with Crippen molar-refractivity contribution in [1.82, 2.24) is 19.4 Å². The van der Waals surface area contributed by atoms with Crippen LogP contribution < -0.4 is 5.73 Å². The van der Waals surface area contributed by atoms with E-state index in [-0.39, 0.29) is 6.04 Å². The van der Waals surface area contributed by atoms with E-state index in [1.165, 1.54) is 11.5 Å². The summed E-state index contributed by atoms with van der Waals surface area (Å²) in [6.07, 6.45) is 3.43. The highest BCUT2D eigenvalue weighted by Gasteiger charge is 2.20. The van der Waals surface area contributed by atoms with Gasteiger partial charge in [-0.05, 0) is 24.4 Å². The number of aromatic nitrogens is 4. The largest absolute Gasteiger partial charge is 0.323 e. The minimum absolute atomic E-state index is 0.130. The number of aryl methyl sites for hydroxylation is 3. The van der Waals surface area contributed by atoms with E-state index in [0.717, 1.165) is 46.2 Å². The van der Waals surface area contributed by atoms with Crippen molar-refractivity contribution in [3.8, 4) is 0 Å². The topological polar surface area (TPSA) is 69.6 Å². The standard InChI is InChI=1S/C13H20ClN5S/c1-4-6-10-13(20-18-16-10)8(15)7-11-12(14)9(5-2)17-19(11)3/h8H,4-7,15H2,1-3H3. The molecule has 0 aliphatic rings. The first-order valence-corrected chi connectivity index (χ1v) is 8.00. The summed E-state index contributed by atoms with van der Waals surface area (Å²) < 4.78 is 5.85. The molecule has 2 N–H and O–H groups in total. The molecule has 0 aliphatic heterocycles. The summed E-state index contributed by atoms with van der Waals surface area (Å²) in [6, 6.07) is -0.130. The van der Waals surface area contributed by atoms with Crippen molar-refractivity contribution >= 4 is 23.1 Å². The molecule has 0 saturated heterocycles. The molecule has 20 heavy (non-hydrogen) atoms. The van der Waals surface area contributed by atoms with Crippen LogP contribution in [0.3, 0.4) is 0 Å². The normalized spacial score (nSPS) is 12.8. The molecule has 2 aromatic heterocycles. The van der Waals surface area contributed by atoms with Crippen LogP contribution in [0.2, 0.25) is 5.02 Å². The molecule has 2 rings (SSSR count). The van der Waals surface area contributed by atoms with Gasteiger partial charge < -0.3 is 5.73 Å². The lowest BCUT2D eigenvalue weighted by molar-refractivity contribution is 0.638. The van der Waals surface area contributed by atoms with Gasteiger partial charge in [0.2, 0.25) is 0 Å². The highest BCUT2D eigenvalue weighted by atomic mass is 35.5. The van der Waals surface area contributed by atoms with E-state index >= 15 is 0 Å². The Hall–Kier alpha value is -0.980. The number of halogens is 1. The zero-order valence-corrected chi connectivity index (χ0v) is 13.6. The Bertz CT molecular complexity index is 577. The van der Waals surface area contributed by atoms with Crippen LogP contribution >= 0.6 is 23.1 Å². The van der Waals surface area contributed by atoms with E-state index in [9.17, 15) is 0 Å². The first-order valence-electron chi connectivity index (χ1n) is 6.85. The van der Waals surface area contributed by atoms with Gasteiger partial charge >= 0.3 is 0 Å². The molecular formula is C13H20ClN5S. The minimum atomic E-state index is -0.130. The van der Waals surface area contributed by atoms with E-state index in [2.05, 4.69) is 21.6 Å². The summed E-state index contributed by atoms with van der Waals surface area (Å²) in [5, 5.41) is 9.33. The molecule has 5 nitrogen and oxygen atoms in total. The summed E-state index contributed by atoms with van der Waals surface area (Å²) in [4.78, 5) is 1.06. The minimum Gasteiger partial charge on any atom is -0.323 e. The Morgan fingerprint density at radius 1 is 1.35 bits per heavy atom. The maximum Gasteiger partial charge on any atom is 0.0850 e. The molecule has 0 aliphatic carbocycles. The first kappa shape index (κ1) is 15.4. The van der Waals surface area contributed by atoms with Crippen LogP contribution in [-0.4, -0.2) is 19.4 Å². The fourth-order valence-electron chi connectivity index (χ4n) is 2.25. The lowest BCUT2D eigenvalue weighted by atomic mass is 10.1. The molecule has 0 aromatic carbocycles. The van der Waals surface area contributed by atoms with Crippen molar-refractivity contribution in [1.29, 1.82) is 0 Å². The Morgan fingerprint density at radius 3 is 2.70 bits per heavy atom. The summed E-state index contributed by atoms with van der Waals surface area (Å²) in [5.41, 5.74) is 9.24. The second-order valence-corrected chi connectivity index (χ2v) is 5.99. The Morgan fingerprint density at radius 2 is 2.10 bits per heavy atom. The summed E-state index contributed by atoms with van der Waals surface area (Å²) >= 11 is 7.75. The Balaban J connectivity index is 2.21. The summed E-state index contributed by atoms with van der Waals surface area (Å²) in [7, 11) is 1.91. The molecule has 0 radical (unpaired) electrons. The summed E-state index contributed by atoms with van der Waals surface area (Å²) in [6.45, 7) is 4.17. The second kappa shape index (κ2) is 6.65. The molecule has 2 heterocycles. The zero-order valence-electron chi connectivity index (χ0n) is 12.1. The average molecular weight is 314 g/mol. The quantitative estimate of drug-likeness (QED) is 0.890. The second-order valence-electron chi connectivity index (χ2n) is 4.83. The van der Waals surface area contributed by atoms with E-state index in [1.807, 2.05) is 18.7 Å². The average Bonchev–Trinajstić information content (AvgIpc) is 2.98. The molecule has 1 atom stereocenters. The lowest BCUT2D eigenvalue weighted by Gasteiger charge is -2.11. The van der Waals surface area contributed by atoms with Crippen LogP contribution in [0, 0.1) is 0 Å². The van der Waals surface area contributed by atoms with Crippen LogP contribution in [0.5, 0.6) is 0 Å². The number of hydrogen-bond donors (Lipinski definition) is 1. The predicted octanol–water partition coefficient (Wildman–Crippen LogP) is 2.68. The molecule has 110 valence electrons. The monoisotopic (exact) mass is 313 g/mol. The van der Waals surface area contributed by atoms with E-state index < -0.39 is 0 Å². The van der Waals surface area contributed by atoms with Crippen molar-refractivity contribution in [3.63, 3.8) is 0 Å². The van der Waals surface area contributed by atoms with E-state index in [4.69, 9.17) is 17.3 Å². The van der Waals surface area contributed by atoms with Crippen LogP contribution in [0.4, 0.5) is 0 Å². The number of hydrogen-bond acceptors (Lipinski definition) is 5. The highest BCUT2D eigenvalue weighted by molar-refractivity contribution is 7.05. The van der Waals surface area contributed by atoms with Gasteiger partial charge in [-0.25, -0.2) is 0 Å².